The molecule has 4 nitrogen and oxygen atoms in total. The Bertz CT molecular complexity index is 902. The molecule has 0 saturated carbocycles. The van der Waals surface area contributed by atoms with Gasteiger partial charge < -0.3 is 18.9 Å². The molecule has 0 heterocycles. The first kappa shape index (κ1) is 27.3. The van der Waals surface area contributed by atoms with Crippen LogP contribution in [0.3, 0.4) is 0 Å². The van der Waals surface area contributed by atoms with Crippen molar-refractivity contribution in [1.82, 2.24) is 0 Å². The smallest absolute Gasteiger partial charge is 0.130 e. The molecule has 0 aliphatic rings. The molecule has 0 N–H and O–H groups in total. The van der Waals surface area contributed by atoms with Crippen molar-refractivity contribution in [2.45, 2.75) is 78.3 Å². The van der Waals surface area contributed by atoms with Gasteiger partial charge in [-0.15, -0.1) is 0 Å². The van der Waals surface area contributed by atoms with Gasteiger partial charge in [-0.05, 0) is 48.2 Å². The number of benzene rings is 2. The van der Waals surface area contributed by atoms with E-state index in [2.05, 4.69) is 86.6 Å². The number of hydrogen-bond donors (Lipinski definition) is 0. The van der Waals surface area contributed by atoms with Crippen LogP contribution < -0.4 is 29.6 Å². The third kappa shape index (κ3) is 5.77. The highest BCUT2D eigenvalue weighted by atomic mass is 31.1. The zero-order valence-corrected chi connectivity index (χ0v) is 23.8. The zero-order chi connectivity index (χ0) is 25.4. The van der Waals surface area contributed by atoms with Crippen molar-refractivity contribution < 1.29 is 18.9 Å². The third-order valence-corrected chi connectivity index (χ3v) is 8.70. The van der Waals surface area contributed by atoms with E-state index >= 15 is 0 Å². The van der Waals surface area contributed by atoms with Crippen LogP contribution in [-0.2, 0) is 10.8 Å². The Balaban J connectivity index is 3.06. The van der Waals surface area contributed by atoms with Gasteiger partial charge in [0, 0.05) is 21.7 Å². The summed E-state index contributed by atoms with van der Waals surface area (Å²) in [6.07, 6.45) is 0. The molecule has 0 aliphatic carbocycles. The standard InChI is InChI=1S/C28H43O4P/c1-26(2,3)20-14-18(29-10)16-22(24(20)31-12)33(28(7,8)9)23-17-19(30-11)15-21(25(23)32-13)27(4,5)6/h14-17H,1-13H3. The molecule has 0 fully saturated rings. The van der Waals surface area contributed by atoms with Crippen molar-refractivity contribution >= 4 is 18.5 Å². The van der Waals surface area contributed by atoms with Crippen LogP contribution >= 0.6 is 7.92 Å². The second-order valence-electron chi connectivity index (χ2n) is 11.5. The summed E-state index contributed by atoms with van der Waals surface area (Å²) < 4.78 is 23.8. The number of hydrogen-bond acceptors (Lipinski definition) is 4. The van der Waals surface area contributed by atoms with Gasteiger partial charge in [0.1, 0.15) is 23.0 Å². The van der Waals surface area contributed by atoms with Gasteiger partial charge >= 0.3 is 0 Å². The maximum Gasteiger partial charge on any atom is 0.130 e. The first-order valence-corrected chi connectivity index (χ1v) is 12.8. The summed E-state index contributed by atoms with van der Waals surface area (Å²) in [6, 6.07) is 8.48. The highest BCUT2D eigenvalue weighted by molar-refractivity contribution is 7.74. The first-order valence-electron chi connectivity index (χ1n) is 11.4. The summed E-state index contributed by atoms with van der Waals surface area (Å²) in [4.78, 5) is 0. The molecule has 0 spiro atoms. The van der Waals surface area contributed by atoms with Crippen LogP contribution in [0.5, 0.6) is 23.0 Å². The molecule has 2 aromatic carbocycles. The lowest BCUT2D eigenvalue weighted by Crippen LogP contribution is -2.31. The SMILES string of the molecule is COc1cc(P(c2cc(OC)cc(C(C)(C)C)c2OC)C(C)(C)C)c(OC)c(C(C)(C)C)c1. The van der Waals surface area contributed by atoms with E-state index in [4.69, 9.17) is 18.9 Å². The Hall–Kier alpha value is -1.93. The second-order valence-corrected chi connectivity index (χ2v) is 14.4. The molecular formula is C28H43O4P. The fourth-order valence-corrected chi connectivity index (χ4v) is 7.19. The van der Waals surface area contributed by atoms with Crippen LogP contribution in [0.25, 0.3) is 0 Å². The minimum Gasteiger partial charge on any atom is -0.497 e. The summed E-state index contributed by atoms with van der Waals surface area (Å²) in [7, 11) is 6.05. The molecule has 0 radical (unpaired) electrons. The number of methoxy groups -OCH3 is 4. The molecule has 0 bridgehead atoms. The van der Waals surface area contributed by atoms with Gasteiger partial charge in [-0.3, -0.25) is 0 Å². The third-order valence-electron chi connectivity index (χ3n) is 5.73. The highest BCUT2D eigenvalue weighted by Gasteiger charge is 2.37. The lowest BCUT2D eigenvalue weighted by Gasteiger charge is -2.37. The average Bonchev–Trinajstić information content (AvgIpc) is 2.70. The molecular weight excluding hydrogens is 431 g/mol. The maximum absolute atomic E-state index is 6.12. The number of ether oxygens (including phenoxy) is 4. The van der Waals surface area contributed by atoms with Gasteiger partial charge in [-0.25, -0.2) is 0 Å². The van der Waals surface area contributed by atoms with Crippen molar-refractivity contribution in [1.29, 1.82) is 0 Å². The van der Waals surface area contributed by atoms with E-state index in [1.807, 2.05) is 0 Å². The minimum atomic E-state index is -0.926. The van der Waals surface area contributed by atoms with Crippen molar-refractivity contribution in [2.24, 2.45) is 0 Å². The fourth-order valence-electron chi connectivity index (χ4n) is 4.14. The predicted molar refractivity (Wildman–Crippen MR) is 142 cm³/mol. The van der Waals surface area contributed by atoms with Gasteiger partial charge in [0.15, 0.2) is 0 Å². The fraction of sp³-hybridized carbons (Fsp3) is 0.571. The topological polar surface area (TPSA) is 36.9 Å². The van der Waals surface area contributed by atoms with Crippen LogP contribution in [-0.4, -0.2) is 33.6 Å². The maximum atomic E-state index is 6.12. The lowest BCUT2D eigenvalue weighted by molar-refractivity contribution is 0.390. The summed E-state index contributed by atoms with van der Waals surface area (Å²) in [5.41, 5.74) is 2.05. The van der Waals surface area contributed by atoms with Crippen molar-refractivity contribution in [3.05, 3.63) is 35.4 Å². The van der Waals surface area contributed by atoms with Crippen LogP contribution in [0.15, 0.2) is 24.3 Å². The van der Waals surface area contributed by atoms with Gasteiger partial charge in [0.05, 0.1) is 28.4 Å². The van der Waals surface area contributed by atoms with Crippen LogP contribution in [0.1, 0.15) is 73.4 Å². The summed E-state index contributed by atoms with van der Waals surface area (Å²) in [5.74, 6) is 3.52. The molecule has 0 saturated heterocycles. The Morgan fingerprint density at radius 3 is 1.06 bits per heavy atom. The van der Waals surface area contributed by atoms with Crippen LogP contribution in [0, 0.1) is 0 Å². The summed E-state index contributed by atoms with van der Waals surface area (Å²) in [6.45, 7) is 20.1. The highest BCUT2D eigenvalue weighted by Crippen LogP contribution is 2.54. The monoisotopic (exact) mass is 474 g/mol. The first-order chi connectivity index (χ1) is 15.1. The Morgan fingerprint density at radius 2 is 0.848 bits per heavy atom. The quantitative estimate of drug-likeness (QED) is 0.445. The predicted octanol–water partition coefficient (Wildman–Crippen LogP) is 6.55. The van der Waals surface area contributed by atoms with E-state index in [1.165, 1.54) is 0 Å². The van der Waals surface area contributed by atoms with Gasteiger partial charge in [-0.2, -0.15) is 0 Å². The van der Waals surface area contributed by atoms with Gasteiger partial charge in [0.2, 0.25) is 0 Å². The largest absolute Gasteiger partial charge is 0.497 e. The van der Waals surface area contributed by atoms with Gasteiger partial charge in [-0.1, -0.05) is 62.3 Å². The average molecular weight is 475 g/mol. The normalized spacial score (nSPS) is 12.7. The molecule has 0 aromatic heterocycles. The van der Waals surface area contributed by atoms with Gasteiger partial charge in [0.25, 0.3) is 0 Å². The van der Waals surface area contributed by atoms with E-state index in [9.17, 15) is 0 Å². The molecule has 184 valence electrons. The van der Waals surface area contributed by atoms with Crippen molar-refractivity contribution in [2.75, 3.05) is 28.4 Å². The van der Waals surface area contributed by atoms with E-state index < -0.39 is 7.92 Å². The molecule has 2 rings (SSSR count). The van der Waals surface area contributed by atoms with Crippen molar-refractivity contribution in [3.63, 3.8) is 0 Å². The number of rotatable bonds is 6. The summed E-state index contributed by atoms with van der Waals surface area (Å²) >= 11 is 0. The second kappa shape index (κ2) is 9.74. The Labute approximate surface area is 202 Å². The molecule has 0 aliphatic heterocycles. The minimum absolute atomic E-state index is 0.0844. The molecule has 0 unspecified atom stereocenters. The van der Waals surface area contributed by atoms with E-state index in [1.54, 1.807) is 28.4 Å². The lowest BCUT2D eigenvalue weighted by atomic mass is 9.86. The van der Waals surface area contributed by atoms with E-state index in [-0.39, 0.29) is 16.0 Å². The summed E-state index contributed by atoms with van der Waals surface area (Å²) in [5, 5.41) is 2.21. The zero-order valence-electron chi connectivity index (χ0n) is 22.9. The molecule has 2 aromatic rings. The van der Waals surface area contributed by atoms with Crippen LogP contribution in [0.4, 0.5) is 0 Å². The molecule has 5 heteroatoms. The molecule has 0 atom stereocenters. The Morgan fingerprint density at radius 1 is 0.515 bits per heavy atom. The Kier molecular flexibility index (Phi) is 8.06. The van der Waals surface area contributed by atoms with Crippen molar-refractivity contribution in [3.8, 4) is 23.0 Å². The van der Waals surface area contributed by atoms with Crippen LogP contribution in [0.2, 0.25) is 0 Å². The van der Waals surface area contributed by atoms with E-state index in [0.717, 1.165) is 44.7 Å². The van der Waals surface area contributed by atoms with E-state index in [0.29, 0.717) is 0 Å². The molecule has 0 amide bonds. The molecule has 33 heavy (non-hydrogen) atoms.